The predicted octanol–water partition coefficient (Wildman–Crippen LogP) is 4.90. The first-order valence-electron chi connectivity index (χ1n) is 8.71. The van der Waals surface area contributed by atoms with Crippen LogP contribution in [-0.4, -0.2) is 0 Å². The van der Waals surface area contributed by atoms with Gasteiger partial charge in [0, 0.05) is 10.9 Å². The lowest BCUT2D eigenvalue weighted by molar-refractivity contribution is 0.445. The lowest BCUT2D eigenvalue weighted by atomic mass is 10.0. The molecule has 0 saturated heterocycles. The van der Waals surface area contributed by atoms with Gasteiger partial charge in [-0.25, -0.2) is 0 Å². The highest BCUT2D eigenvalue weighted by atomic mass is 32.1. The zero-order valence-electron chi connectivity index (χ0n) is 14.1. The summed E-state index contributed by atoms with van der Waals surface area (Å²) in [6.45, 7) is 4.33. The molecule has 3 rings (SSSR count). The highest BCUT2D eigenvalue weighted by Gasteiger charge is 2.30. The Labute approximate surface area is 143 Å². The molecule has 4 N–H and O–H groups in total. The Morgan fingerprint density at radius 1 is 1.26 bits per heavy atom. The molecule has 0 unspecified atom stereocenters. The van der Waals surface area contributed by atoms with Crippen molar-refractivity contribution in [2.75, 3.05) is 0 Å². The van der Waals surface area contributed by atoms with E-state index >= 15 is 0 Å². The van der Waals surface area contributed by atoms with Crippen LogP contribution in [-0.2, 0) is 6.42 Å². The van der Waals surface area contributed by atoms with Crippen molar-refractivity contribution in [2.45, 2.75) is 64.0 Å². The van der Waals surface area contributed by atoms with Gasteiger partial charge < -0.3 is 15.9 Å². The van der Waals surface area contributed by atoms with E-state index in [1.54, 1.807) is 0 Å². The second-order valence-electron chi connectivity index (χ2n) is 7.16. The van der Waals surface area contributed by atoms with E-state index in [9.17, 15) is 0 Å². The van der Waals surface area contributed by atoms with E-state index in [1.807, 2.05) is 17.6 Å². The smallest absolute Gasteiger partial charge is 0.120 e. The molecule has 4 heteroatoms. The SMILES string of the molecule is CC(C)c1coc([C@H](N)CCCc2csc([C@H](N)C3CC3)c2)c1. The number of furan rings is 1. The van der Waals surface area contributed by atoms with Crippen LogP contribution in [0.4, 0.5) is 0 Å². The summed E-state index contributed by atoms with van der Waals surface area (Å²) in [6.07, 6.45) is 7.53. The van der Waals surface area contributed by atoms with Crippen molar-refractivity contribution in [3.05, 3.63) is 45.5 Å². The maximum absolute atomic E-state index is 6.27. The molecule has 1 fully saturated rings. The van der Waals surface area contributed by atoms with Gasteiger partial charge >= 0.3 is 0 Å². The van der Waals surface area contributed by atoms with Crippen molar-refractivity contribution in [2.24, 2.45) is 17.4 Å². The lowest BCUT2D eigenvalue weighted by Gasteiger charge is -2.08. The summed E-state index contributed by atoms with van der Waals surface area (Å²) in [4.78, 5) is 1.35. The maximum Gasteiger partial charge on any atom is 0.120 e. The van der Waals surface area contributed by atoms with Gasteiger partial charge in [-0.1, -0.05) is 13.8 Å². The number of nitrogens with two attached hydrogens (primary N) is 2. The Bertz CT molecular complexity index is 627. The molecule has 3 nitrogen and oxygen atoms in total. The average Bonchev–Trinajstić information content (AvgIpc) is 3.06. The van der Waals surface area contributed by atoms with Gasteiger partial charge in [0.05, 0.1) is 12.3 Å². The topological polar surface area (TPSA) is 65.2 Å². The van der Waals surface area contributed by atoms with Crippen molar-refractivity contribution in [1.82, 2.24) is 0 Å². The van der Waals surface area contributed by atoms with Gasteiger partial charge in [0.1, 0.15) is 5.76 Å². The number of hydrogen-bond acceptors (Lipinski definition) is 4. The molecule has 2 aromatic heterocycles. The van der Waals surface area contributed by atoms with Crippen LogP contribution >= 0.6 is 11.3 Å². The van der Waals surface area contributed by atoms with Crippen LogP contribution in [0.25, 0.3) is 0 Å². The first-order valence-corrected chi connectivity index (χ1v) is 9.59. The number of rotatable bonds is 8. The molecule has 23 heavy (non-hydrogen) atoms. The summed E-state index contributed by atoms with van der Waals surface area (Å²) >= 11 is 1.81. The molecule has 126 valence electrons. The van der Waals surface area contributed by atoms with E-state index in [2.05, 4.69) is 31.4 Å². The number of thiophene rings is 1. The van der Waals surface area contributed by atoms with Crippen molar-refractivity contribution < 1.29 is 4.42 Å². The molecule has 1 aliphatic rings. The molecular formula is C19H28N2OS. The zero-order chi connectivity index (χ0) is 16.4. The summed E-state index contributed by atoms with van der Waals surface area (Å²) < 4.78 is 5.62. The Kier molecular flexibility index (Phi) is 5.24. The highest BCUT2D eigenvalue weighted by Crippen LogP contribution is 2.41. The fraction of sp³-hybridized carbons (Fsp3) is 0.579. The number of aryl methyl sites for hydroxylation is 1. The van der Waals surface area contributed by atoms with Crippen LogP contribution in [0.2, 0.25) is 0 Å². The molecule has 1 aliphatic carbocycles. The van der Waals surface area contributed by atoms with Crippen molar-refractivity contribution in [3.63, 3.8) is 0 Å². The van der Waals surface area contributed by atoms with Gasteiger partial charge in [0.25, 0.3) is 0 Å². The van der Waals surface area contributed by atoms with Crippen molar-refractivity contribution in [3.8, 4) is 0 Å². The fourth-order valence-electron chi connectivity index (χ4n) is 2.92. The van der Waals surface area contributed by atoms with Crippen LogP contribution < -0.4 is 11.5 Å². The third kappa shape index (κ3) is 4.25. The largest absolute Gasteiger partial charge is 0.467 e. The van der Waals surface area contributed by atoms with Crippen LogP contribution in [0.15, 0.2) is 28.2 Å². The van der Waals surface area contributed by atoms with Gasteiger partial charge in [-0.2, -0.15) is 0 Å². The van der Waals surface area contributed by atoms with Crippen LogP contribution in [0, 0.1) is 5.92 Å². The van der Waals surface area contributed by atoms with E-state index in [1.165, 1.54) is 28.8 Å². The zero-order valence-corrected chi connectivity index (χ0v) is 14.9. The fourth-order valence-corrected chi connectivity index (χ4v) is 3.96. The van der Waals surface area contributed by atoms with Gasteiger partial charge in [-0.05, 0) is 72.6 Å². The molecule has 2 aromatic rings. The summed E-state index contributed by atoms with van der Waals surface area (Å²) in [5.41, 5.74) is 15.2. The molecule has 2 heterocycles. The quantitative estimate of drug-likeness (QED) is 0.723. The van der Waals surface area contributed by atoms with Crippen molar-refractivity contribution in [1.29, 1.82) is 0 Å². The second kappa shape index (κ2) is 7.20. The third-order valence-electron chi connectivity index (χ3n) is 4.79. The first-order chi connectivity index (χ1) is 11.0. The van der Waals surface area contributed by atoms with E-state index in [0.717, 1.165) is 30.9 Å². The van der Waals surface area contributed by atoms with Crippen LogP contribution in [0.5, 0.6) is 0 Å². The minimum absolute atomic E-state index is 0.00525. The molecule has 0 bridgehead atoms. The number of hydrogen-bond donors (Lipinski definition) is 2. The molecule has 0 aliphatic heterocycles. The summed E-state index contributed by atoms with van der Waals surface area (Å²) in [5.74, 6) is 2.12. The Morgan fingerprint density at radius 3 is 2.70 bits per heavy atom. The average molecular weight is 333 g/mol. The molecule has 0 amide bonds. The Hall–Kier alpha value is -1.10. The summed E-state index contributed by atoms with van der Waals surface area (Å²) in [7, 11) is 0. The second-order valence-corrected chi connectivity index (χ2v) is 8.10. The Morgan fingerprint density at radius 2 is 2.04 bits per heavy atom. The summed E-state index contributed by atoms with van der Waals surface area (Å²) in [6, 6.07) is 4.65. The Balaban J connectivity index is 1.46. The molecule has 0 radical (unpaired) electrons. The monoisotopic (exact) mass is 332 g/mol. The first kappa shape index (κ1) is 16.7. The third-order valence-corrected chi connectivity index (χ3v) is 5.87. The van der Waals surface area contributed by atoms with E-state index in [-0.39, 0.29) is 12.1 Å². The lowest BCUT2D eigenvalue weighted by Crippen LogP contribution is -2.10. The summed E-state index contributed by atoms with van der Waals surface area (Å²) in [5, 5.41) is 2.26. The molecular weight excluding hydrogens is 304 g/mol. The van der Waals surface area contributed by atoms with Gasteiger partial charge in [-0.3, -0.25) is 0 Å². The van der Waals surface area contributed by atoms with E-state index in [4.69, 9.17) is 15.9 Å². The molecule has 1 saturated carbocycles. The van der Waals surface area contributed by atoms with Gasteiger partial charge in [0.2, 0.25) is 0 Å². The van der Waals surface area contributed by atoms with Crippen LogP contribution in [0.3, 0.4) is 0 Å². The normalized spacial score (nSPS) is 17.6. The molecule has 0 aromatic carbocycles. The van der Waals surface area contributed by atoms with Gasteiger partial charge in [-0.15, -0.1) is 11.3 Å². The van der Waals surface area contributed by atoms with E-state index in [0.29, 0.717) is 5.92 Å². The molecule has 0 spiro atoms. The van der Waals surface area contributed by atoms with Gasteiger partial charge in [0.15, 0.2) is 0 Å². The molecule has 2 atom stereocenters. The minimum Gasteiger partial charge on any atom is -0.467 e. The minimum atomic E-state index is -0.00525. The van der Waals surface area contributed by atoms with Crippen molar-refractivity contribution >= 4 is 11.3 Å². The maximum atomic E-state index is 6.27. The van der Waals surface area contributed by atoms with Crippen LogP contribution in [0.1, 0.15) is 79.3 Å². The highest BCUT2D eigenvalue weighted by molar-refractivity contribution is 7.10. The van der Waals surface area contributed by atoms with E-state index < -0.39 is 0 Å². The predicted molar refractivity (Wildman–Crippen MR) is 96.6 cm³/mol. The standard InChI is InChI=1S/C19H28N2OS/c1-12(2)15-9-17(22-10-15)16(20)5-3-4-13-8-18(23-11-13)19(21)14-6-7-14/h8-12,14,16,19H,3-7,20-21H2,1-2H3/t16-,19-/m1/s1.